The van der Waals surface area contributed by atoms with Gasteiger partial charge in [0.15, 0.2) is 0 Å². The van der Waals surface area contributed by atoms with E-state index in [0.717, 1.165) is 6.54 Å². The van der Waals surface area contributed by atoms with Crippen LogP contribution in [0.15, 0.2) is 12.7 Å². The van der Waals surface area contributed by atoms with Crippen molar-refractivity contribution in [2.45, 2.75) is 33.2 Å². The number of hydrogen-bond acceptors (Lipinski definition) is 2. The molecule has 0 saturated carbocycles. The van der Waals surface area contributed by atoms with Crippen LogP contribution in [0.3, 0.4) is 0 Å². The van der Waals surface area contributed by atoms with Crippen LogP contribution in [0.4, 0.5) is 0 Å². The van der Waals surface area contributed by atoms with E-state index in [0.29, 0.717) is 31.0 Å². The summed E-state index contributed by atoms with van der Waals surface area (Å²) in [4.78, 5) is 14.0. The molecular weight excluding hydrogens is 200 g/mol. The molecule has 0 aromatic rings. The Morgan fingerprint density at radius 2 is 2.19 bits per heavy atom. The van der Waals surface area contributed by atoms with Gasteiger partial charge in [-0.15, -0.1) is 6.58 Å². The van der Waals surface area contributed by atoms with Crippen molar-refractivity contribution < 1.29 is 4.79 Å². The largest absolute Gasteiger partial charge is 0.338 e. The van der Waals surface area contributed by atoms with E-state index in [1.807, 2.05) is 4.90 Å². The summed E-state index contributed by atoms with van der Waals surface area (Å²) in [5.74, 6) is 1.44. The minimum atomic E-state index is 0.216. The number of carbonyl (C=O) groups is 1. The van der Waals surface area contributed by atoms with Gasteiger partial charge in [-0.1, -0.05) is 19.9 Å². The van der Waals surface area contributed by atoms with Crippen molar-refractivity contribution in [2.75, 3.05) is 19.6 Å². The summed E-state index contributed by atoms with van der Waals surface area (Å²) in [6.07, 6.45) is 3.00. The van der Waals surface area contributed by atoms with Crippen molar-refractivity contribution in [1.29, 1.82) is 0 Å². The Bertz CT molecular complexity index is 252. The van der Waals surface area contributed by atoms with Crippen LogP contribution >= 0.6 is 0 Å². The molecule has 1 aliphatic rings. The summed E-state index contributed by atoms with van der Waals surface area (Å²) in [5, 5.41) is 3.07. The molecule has 1 aliphatic heterocycles. The normalized spacial score (nSPS) is 30.2. The van der Waals surface area contributed by atoms with Crippen LogP contribution in [-0.2, 0) is 4.79 Å². The fourth-order valence-corrected chi connectivity index (χ4v) is 2.43. The molecule has 1 heterocycles. The fraction of sp³-hybridized carbons (Fsp3) is 0.769. The van der Waals surface area contributed by atoms with Crippen molar-refractivity contribution in [2.24, 2.45) is 11.8 Å². The maximum atomic E-state index is 12.0. The highest BCUT2D eigenvalue weighted by Crippen LogP contribution is 2.26. The maximum Gasteiger partial charge on any atom is 0.236 e. The molecule has 0 spiro atoms. The molecule has 1 rings (SSSR count). The molecule has 0 aliphatic carbocycles. The molecule has 0 bridgehead atoms. The van der Waals surface area contributed by atoms with E-state index < -0.39 is 0 Å². The summed E-state index contributed by atoms with van der Waals surface area (Å²) in [6.45, 7) is 12.3. The number of piperidine rings is 1. The summed E-state index contributed by atoms with van der Waals surface area (Å²) >= 11 is 0. The van der Waals surface area contributed by atoms with E-state index in [1.165, 1.54) is 6.42 Å². The number of likely N-dealkylation sites (tertiary alicyclic amines) is 1. The maximum absolute atomic E-state index is 12.0. The van der Waals surface area contributed by atoms with Gasteiger partial charge in [0, 0.05) is 19.1 Å². The van der Waals surface area contributed by atoms with Crippen molar-refractivity contribution in [3.63, 3.8) is 0 Å². The average Bonchev–Trinajstić information content (AvgIpc) is 2.23. The molecule has 0 aromatic heterocycles. The Hall–Kier alpha value is -0.830. The summed E-state index contributed by atoms with van der Waals surface area (Å²) in [5.41, 5.74) is 0. The molecule has 1 saturated heterocycles. The summed E-state index contributed by atoms with van der Waals surface area (Å²) in [6, 6.07) is 0.370. The summed E-state index contributed by atoms with van der Waals surface area (Å²) in [7, 11) is 0. The molecule has 92 valence electrons. The predicted molar refractivity (Wildman–Crippen MR) is 67.2 cm³/mol. The van der Waals surface area contributed by atoms with Gasteiger partial charge in [0.25, 0.3) is 0 Å². The van der Waals surface area contributed by atoms with Crippen LogP contribution in [0.25, 0.3) is 0 Å². The first-order valence-corrected chi connectivity index (χ1v) is 6.17. The molecule has 0 aromatic carbocycles. The van der Waals surface area contributed by atoms with Gasteiger partial charge < -0.3 is 10.2 Å². The number of amides is 1. The van der Waals surface area contributed by atoms with Gasteiger partial charge in [0.1, 0.15) is 0 Å². The highest BCUT2D eigenvalue weighted by Gasteiger charge is 2.31. The van der Waals surface area contributed by atoms with Crippen molar-refractivity contribution in [1.82, 2.24) is 10.2 Å². The van der Waals surface area contributed by atoms with E-state index in [1.54, 1.807) is 6.08 Å². The van der Waals surface area contributed by atoms with E-state index in [4.69, 9.17) is 0 Å². The molecule has 3 nitrogen and oxygen atoms in total. The first kappa shape index (κ1) is 13.2. The van der Waals surface area contributed by atoms with Gasteiger partial charge in [-0.2, -0.15) is 0 Å². The minimum Gasteiger partial charge on any atom is -0.338 e. The third-order valence-corrected chi connectivity index (χ3v) is 3.48. The van der Waals surface area contributed by atoms with E-state index in [2.05, 4.69) is 32.7 Å². The SMILES string of the molecule is C=CCNCC(=O)N1CC(C)CC(C)C1C. The third kappa shape index (κ3) is 3.34. The number of hydrogen-bond donors (Lipinski definition) is 1. The number of nitrogens with zero attached hydrogens (tertiary/aromatic N) is 1. The smallest absolute Gasteiger partial charge is 0.236 e. The van der Waals surface area contributed by atoms with E-state index >= 15 is 0 Å². The highest BCUT2D eigenvalue weighted by molar-refractivity contribution is 5.78. The Kier molecular flexibility index (Phi) is 5.00. The Morgan fingerprint density at radius 3 is 2.81 bits per heavy atom. The average molecular weight is 224 g/mol. The van der Waals surface area contributed by atoms with Crippen LogP contribution in [0.1, 0.15) is 27.2 Å². The molecule has 1 fully saturated rings. The first-order valence-electron chi connectivity index (χ1n) is 6.17. The second-order valence-corrected chi connectivity index (χ2v) is 5.02. The lowest BCUT2D eigenvalue weighted by molar-refractivity contribution is -0.136. The highest BCUT2D eigenvalue weighted by atomic mass is 16.2. The van der Waals surface area contributed by atoms with Crippen LogP contribution in [-0.4, -0.2) is 36.5 Å². The van der Waals surface area contributed by atoms with Crippen LogP contribution in [0.2, 0.25) is 0 Å². The molecule has 3 unspecified atom stereocenters. The zero-order valence-corrected chi connectivity index (χ0v) is 10.7. The number of rotatable bonds is 4. The lowest BCUT2D eigenvalue weighted by atomic mass is 9.86. The predicted octanol–water partition coefficient (Wildman–Crippen LogP) is 1.65. The molecule has 1 amide bonds. The second-order valence-electron chi connectivity index (χ2n) is 5.02. The Labute approximate surface area is 98.9 Å². The van der Waals surface area contributed by atoms with Crippen LogP contribution in [0, 0.1) is 11.8 Å². The molecular formula is C13H24N2O. The number of carbonyl (C=O) groups excluding carboxylic acids is 1. The van der Waals surface area contributed by atoms with Crippen LogP contribution < -0.4 is 5.32 Å². The molecule has 3 atom stereocenters. The fourth-order valence-electron chi connectivity index (χ4n) is 2.43. The standard InChI is InChI=1S/C13H24N2O/c1-5-6-14-8-13(16)15-9-10(2)7-11(3)12(15)4/h5,10-12,14H,1,6-9H2,2-4H3. The first-order chi connectivity index (χ1) is 7.56. The monoisotopic (exact) mass is 224 g/mol. The molecule has 1 N–H and O–H groups in total. The van der Waals surface area contributed by atoms with Gasteiger partial charge >= 0.3 is 0 Å². The lowest BCUT2D eigenvalue weighted by Crippen LogP contribution is -2.51. The van der Waals surface area contributed by atoms with Gasteiger partial charge in [0.05, 0.1) is 6.54 Å². The van der Waals surface area contributed by atoms with Gasteiger partial charge in [-0.3, -0.25) is 4.79 Å². The topological polar surface area (TPSA) is 32.3 Å². The van der Waals surface area contributed by atoms with Crippen molar-refractivity contribution in [3.8, 4) is 0 Å². The zero-order chi connectivity index (χ0) is 12.1. The second kappa shape index (κ2) is 6.04. The van der Waals surface area contributed by atoms with Gasteiger partial charge in [0.2, 0.25) is 5.91 Å². The quantitative estimate of drug-likeness (QED) is 0.582. The Morgan fingerprint density at radius 1 is 1.50 bits per heavy atom. The van der Waals surface area contributed by atoms with Gasteiger partial charge in [-0.25, -0.2) is 0 Å². The lowest BCUT2D eigenvalue weighted by Gasteiger charge is -2.41. The van der Waals surface area contributed by atoms with Gasteiger partial charge in [-0.05, 0) is 25.2 Å². The van der Waals surface area contributed by atoms with E-state index in [-0.39, 0.29) is 5.91 Å². The van der Waals surface area contributed by atoms with Crippen molar-refractivity contribution in [3.05, 3.63) is 12.7 Å². The van der Waals surface area contributed by atoms with Crippen molar-refractivity contribution >= 4 is 5.91 Å². The van der Waals surface area contributed by atoms with E-state index in [9.17, 15) is 4.79 Å². The molecule has 0 radical (unpaired) electrons. The Balaban J connectivity index is 2.49. The summed E-state index contributed by atoms with van der Waals surface area (Å²) < 4.78 is 0. The third-order valence-electron chi connectivity index (χ3n) is 3.48. The number of nitrogens with one attached hydrogen (secondary N) is 1. The molecule has 16 heavy (non-hydrogen) atoms. The zero-order valence-electron chi connectivity index (χ0n) is 10.7. The molecule has 3 heteroatoms. The minimum absolute atomic E-state index is 0.216. The van der Waals surface area contributed by atoms with Crippen LogP contribution in [0.5, 0.6) is 0 Å².